The zero-order chi connectivity index (χ0) is 18.3. The number of hydrogen-bond acceptors (Lipinski definition) is 4. The summed E-state index contributed by atoms with van der Waals surface area (Å²) in [6.07, 6.45) is 1.90. The molecule has 6 heteroatoms. The lowest BCUT2D eigenvalue weighted by Crippen LogP contribution is -2.24. The second-order valence-electron chi connectivity index (χ2n) is 6.45. The SMILES string of the molecule is C[C@H](Sc1nc2ccccc2c(=O)n1C1CC1)C(=O)c1ccc(F)cc1. The zero-order valence-electron chi connectivity index (χ0n) is 14.2. The number of rotatable bonds is 5. The van der Waals surface area contributed by atoms with Crippen molar-refractivity contribution >= 4 is 28.4 Å². The van der Waals surface area contributed by atoms with Gasteiger partial charge in [0, 0.05) is 11.6 Å². The summed E-state index contributed by atoms with van der Waals surface area (Å²) in [7, 11) is 0. The van der Waals surface area contributed by atoms with E-state index in [0.717, 1.165) is 12.8 Å². The molecule has 0 spiro atoms. The third kappa shape index (κ3) is 3.17. The van der Waals surface area contributed by atoms with Crippen molar-refractivity contribution in [2.24, 2.45) is 0 Å². The summed E-state index contributed by atoms with van der Waals surface area (Å²) in [5, 5.41) is 0.735. The highest BCUT2D eigenvalue weighted by atomic mass is 32.2. The Hall–Kier alpha value is -2.47. The lowest BCUT2D eigenvalue weighted by Gasteiger charge is -2.15. The van der Waals surface area contributed by atoms with Gasteiger partial charge in [0.05, 0.1) is 16.2 Å². The van der Waals surface area contributed by atoms with E-state index in [4.69, 9.17) is 0 Å². The first-order valence-corrected chi connectivity index (χ1v) is 9.40. The monoisotopic (exact) mass is 368 g/mol. The number of ketones is 1. The number of hydrogen-bond donors (Lipinski definition) is 0. The normalized spacial score (nSPS) is 15.2. The first-order valence-electron chi connectivity index (χ1n) is 8.52. The van der Waals surface area contributed by atoms with Gasteiger partial charge in [-0.25, -0.2) is 9.37 Å². The predicted molar refractivity (Wildman–Crippen MR) is 100 cm³/mol. The summed E-state index contributed by atoms with van der Waals surface area (Å²) in [5.74, 6) is -0.486. The summed E-state index contributed by atoms with van der Waals surface area (Å²) >= 11 is 1.28. The van der Waals surface area contributed by atoms with Gasteiger partial charge in [-0.3, -0.25) is 14.2 Å². The van der Waals surface area contributed by atoms with Crippen molar-refractivity contribution in [1.82, 2.24) is 9.55 Å². The Morgan fingerprint density at radius 2 is 1.88 bits per heavy atom. The highest BCUT2D eigenvalue weighted by molar-refractivity contribution is 8.00. The zero-order valence-corrected chi connectivity index (χ0v) is 15.0. The van der Waals surface area contributed by atoms with E-state index in [9.17, 15) is 14.0 Å². The van der Waals surface area contributed by atoms with Gasteiger partial charge in [-0.2, -0.15) is 0 Å². The Morgan fingerprint density at radius 3 is 2.58 bits per heavy atom. The van der Waals surface area contributed by atoms with Crippen LogP contribution >= 0.6 is 11.8 Å². The fraction of sp³-hybridized carbons (Fsp3) is 0.250. The molecule has 4 rings (SSSR count). The van der Waals surface area contributed by atoms with Crippen LogP contribution in [0.25, 0.3) is 10.9 Å². The summed E-state index contributed by atoms with van der Waals surface area (Å²) in [4.78, 5) is 30.2. The Kier molecular flexibility index (Phi) is 4.36. The molecule has 1 atom stereocenters. The Balaban J connectivity index is 1.70. The Labute approximate surface area is 154 Å². The quantitative estimate of drug-likeness (QED) is 0.384. The molecule has 0 radical (unpaired) electrons. The van der Waals surface area contributed by atoms with Gasteiger partial charge in [0.2, 0.25) is 0 Å². The minimum atomic E-state index is -0.432. The van der Waals surface area contributed by atoms with Crippen LogP contribution in [0, 0.1) is 5.82 Å². The topological polar surface area (TPSA) is 52.0 Å². The number of Topliss-reactive ketones (excluding diaryl/α,β-unsaturated/α-hetero) is 1. The van der Waals surface area contributed by atoms with Crippen LogP contribution in [0.5, 0.6) is 0 Å². The van der Waals surface area contributed by atoms with Gasteiger partial charge >= 0.3 is 0 Å². The van der Waals surface area contributed by atoms with Crippen LogP contribution in [-0.2, 0) is 0 Å². The molecule has 0 aliphatic heterocycles. The number of nitrogens with zero attached hydrogens (tertiary/aromatic N) is 2. The van der Waals surface area contributed by atoms with E-state index in [1.165, 1.54) is 36.0 Å². The second-order valence-corrected chi connectivity index (χ2v) is 7.76. The smallest absolute Gasteiger partial charge is 0.262 e. The van der Waals surface area contributed by atoms with Crippen molar-refractivity contribution in [3.8, 4) is 0 Å². The molecule has 0 unspecified atom stereocenters. The van der Waals surface area contributed by atoms with Crippen LogP contribution in [0.4, 0.5) is 4.39 Å². The molecule has 1 fully saturated rings. The van der Waals surface area contributed by atoms with Crippen LogP contribution in [-0.4, -0.2) is 20.6 Å². The van der Waals surface area contributed by atoms with Crippen LogP contribution in [0.15, 0.2) is 58.5 Å². The Bertz CT molecular complexity index is 1040. The average molecular weight is 368 g/mol. The molecule has 3 aromatic rings. The summed E-state index contributed by atoms with van der Waals surface area (Å²) in [6, 6.07) is 12.9. The molecule has 0 saturated heterocycles. The average Bonchev–Trinajstić information content (AvgIpc) is 3.47. The van der Waals surface area contributed by atoms with Crippen molar-refractivity contribution in [3.05, 3.63) is 70.3 Å². The molecule has 1 aliphatic carbocycles. The van der Waals surface area contributed by atoms with E-state index in [0.29, 0.717) is 21.6 Å². The van der Waals surface area contributed by atoms with Crippen LogP contribution in [0.3, 0.4) is 0 Å². The maximum atomic E-state index is 13.1. The fourth-order valence-corrected chi connectivity index (χ4v) is 3.98. The fourth-order valence-electron chi connectivity index (χ4n) is 2.92. The molecule has 0 amide bonds. The van der Waals surface area contributed by atoms with Gasteiger partial charge in [-0.1, -0.05) is 23.9 Å². The molecule has 1 saturated carbocycles. The summed E-state index contributed by atoms with van der Waals surface area (Å²) in [6.45, 7) is 1.79. The van der Waals surface area contributed by atoms with Crippen molar-refractivity contribution in [2.45, 2.75) is 36.2 Å². The van der Waals surface area contributed by atoms with Crippen molar-refractivity contribution in [2.75, 3.05) is 0 Å². The van der Waals surface area contributed by atoms with Crippen LogP contribution < -0.4 is 5.56 Å². The minimum Gasteiger partial charge on any atom is -0.293 e. The van der Waals surface area contributed by atoms with Crippen LogP contribution in [0.1, 0.15) is 36.2 Å². The maximum Gasteiger partial charge on any atom is 0.262 e. The molecule has 1 aliphatic rings. The number of thioether (sulfide) groups is 1. The van der Waals surface area contributed by atoms with Gasteiger partial charge < -0.3 is 0 Å². The van der Waals surface area contributed by atoms with E-state index in [2.05, 4.69) is 4.98 Å². The molecule has 2 aromatic carbocycles. The Morgan fingerprint density at radius 1 is 1.19 bits per heavy atom. The van der Waals surface area contributed by atoms with Gasteiger partial charge in [0.15, 0.2) is 10.9 Å². The number of halogens is 1. The number of para-hydroxylation sites is 1. The largest absolute Gasteiger partial charge is 0.293 e. The third-order valence-electron chi connectivity index (χ3n) is 4.47. The van der Waals surface area contributed by atoms with E-state index in [1.54, 1.807) is 17.6 Å². The molecule has 4 nitrogen and oxygen atoms in total. The second kappa shape index (κ2) is 6.68. The molecule has 1 aromatic heterocycles. The van der Waals surface area contributed by atoms with Gasteiger partial charge in [-0.15, -0.1) is 0 Å². The number of aromatic nitrogens is 2. The number of carbonyl (C=O) groups is 1. The van der Waals surface area contributed by atoms with Gasteiger partial charge in [-0.05, 0) is 56.2 Å². The van der Waals surface area contributed by atoms with Crippen molar-refractivity contribution in [3.63, 3.8) is 0 Å². The highest BCUT2D eigenvalue weighted by Gasteiger charge is 2.30. The lowest BCUT2D eigenvalue weighted by molar-refractivity contribution is 0.0993. The molecule has 1 heterocycles. The van der Waals surface area contributed by atoms with Crippen molar-refractivity contribution in [1.29, 1.82) is 0 Å². The van der Waals surface area contributed by atoms with E-state index >= 15 is 0 Å². The van der Waals surface area contributed by atoms with Gasteiger partial charge in [0.25, 0.3) is 5.56 Å². The lowest BCUT2D eigenvalue weighted by atomic mass is 10.1. The molecular formula is C20H17FN2O2S. The maximum absolute atomic E-state index is 13.1. The first-order chi connectivity index (χ1) is 12.5. The van der Waals surface area contributed by atoms with E-state index in [-0.39, 0.29) is 23.2 Å². The van der Waals surface area contributed by atoms with Crippen LogP contribution in [0.2, 0.25) is 0 Å². The predicted octanol–water partition coefficient (Wildman–Crippen LogP) is 4.23. The number of fused-ring (bicyclic) bond motifs is 1. The molecular weight excluding hydrogens is 351 g/mol. The molecule has 26 heavy (non-hydrogen) atoms. The molecule has 0 N–H and O–H groups in total. The first kappa shape index (κ1) is 17.0. The van der Waals surface area contributed by atoms with E-state index in [1.807, 2.05) is 18.2 Å². The number of benzene rings is 2. The van der Waals surface area contributed by atoms with E-state index < -0.39 is 5.25 Å². The van der Waals surface area contributed by atoms with Gasteiger partial charge in [0.1, 0.15) is 5.82 Å². The minimum absolute atomic E-state index is 0.0537. The molecule has 0 bridgehead atoms. The highest BCUT2D eigenvalue weighted by Crippen LogP contribution is 2.38. The summed E-state index contributed by atoms with van der Waals surface area (Å²) in [5.41, 5.74) is 1.04. The third-order valence-corrected chi connectivity index (χ3v) is 5.53. The van der Waals surface area contributed by atoms with Crippen molar-refractivity contribution < 1.29 is 9.18 Å². The molecule has 132 valence electrons. The number of carbonyl (C=O) groups excluding carboxylic acids is 1. The summed E-state index contributed by atoms with van der Waals surface area (Å²) < 4.78 is 14.8. The standard InChI is InChI=1S/C20H17FN2O2S/c1-12(18(24)13-6-8-14(21)9-7-13)26-20-22-17-5-3-2-4-16(17)19(25)23(20)15-10-11-15/h2-9,12,15H,10-11H2,1H3/t12-/m0/s1.